The van der Waals surface area contributed by atoms with Crippen molar-refractivity contribution in [2.45, 2.75) is 29.3 Å². The van der Waals surface area contributed by atoms with Gasteiger partial charge in [-0.15, -0.1) is 12.6 Å². The number of nitrogens with one attached hydrogen (secondary N) is 1. The minimum absolute atomic E-state index is 0.363. The lowest BCUT2D eigenvalue weighted by atomic mass is 10.1. The van der Waals surface area contributed by atoms with E-state index in [0.717, 1.165) is 11.1 Å². The van der Waals surface area contributed by atoms with E-state index in [1.54, 1.807) is 12.1 Å². The molecule has 2 aromatic carbocycles. The molecule has 3 rings (SSSR count). The maximum absolute atomic E-state index is 14.1. The first-order valence-corrected chi connectivity index (χ1v) is 10.2. The third-order valence-corrected chi connectivity index (χ3v) is 6.82. The van der Waals surface area contributed by atoms with Gasteiger partial charge in [0, 0.05) is 16.2 Å². The Balaban J connectivity index is 2.08. The molecular formula is C18H20FNO2S2. The maximum atomic E-state index is 14.1. The minimum Gasteiger partial charge on any atom is -0.456 e. The molecule has 0 spiro atoms. The van der Waals surface area contributed by atoms with Gasteiger partial charge in [-0.2, -0.15) is 0 Å². The highest BCUT2D eigenvalue weighted by Crippen LogP contribution is 2.42. The summed E-state index contributed by atoms with van der Waals surface area (Å²) in [5.74, 6) is 1.21. The molecule has 0 saturated heterocycles. The van der Waals surface area contributed by atoms with Gasteiger partial charge in [0.1, 0.15) is 11.5 Å². The van der Waals surface area contributed by atoms with E-state index in [9.17, 15) is 8.60 Å². The van der Waals surface area contributed by atoms with Crippen LogP contribution in [-0.2, 0) is 9.93 Å². The molecular weight excluding hydrogens is 345 g/mol. The van der Waals surface area contributed by atoms with Gasteiger partial charge >= 0.3 is 0 Å². The van der Waals surface area contributed by atoms with Gasteiger partial charge in [-0.1, -0.05) is 12.6 Å². The van der Waals surface area contributed by atoms with Crippen molar-refractivity contribution >= 4 is 28.3 Å². The van der Waals surface area contributed by atoms with Gasteiger partial charge in [0.05, 0.1) is 4.90 Å². The summed E-state index contributed by atoms with van der Waals surface area (Å²) in [7, 11) is -3.19. The first-order chi connectivity index (χ1) is 11.2. The lowest BCUT2D eigenvalue weighted by molar-refractivity contribution is 0.402. The Morgan fingerprint density at radius 3 is 2.50 bits per heavy atom. The van der Waals surface area contributed by atoms with Crippen molar-refractivity contribution in [3.63, 3.8) is 0 Å². The second kappa shape index (κ2) is 5.93. The number of rotatable bonds is 2. The highest BCUT2D eigenvalue weighted by Gasteiger charge is 2.34. The molecule has 1 aliphatic rings. The second-order valence-electron chi connectivity index (χ2n) is 6.18. The van der Waals surface area contributed by atoms with Crippen LogP contribution in [0.2, 0.25) is 0 Å². The molecule has 1 N–H and O–H groups in total. The van der Waals surface area contributed by atoms with Crippen LogP contribution in [0, 0.1) is 13.8 Å². The van der Waals surface area contributed by atoms with Gasteiger partial charge in [0.15, 0.2) is 0 Å². The summed E-state index contributed by atoms with van der Waals surface area (Å²) in [5, 5.41) is 2.55. The number of aryl methyl sites for hydroxylation is 2. The molecule has 0 bridgehead atoms. The quantitative estimate of drug-likeness (QED) is 0.551. The highest BCUT2D eigenvalue weighted by atomic mass is 32.2. The van der Waals surface area contributed by atoms with Gasteiger partial charge in [-0.25, -0.2) is 4.39 Å². The van der Waals surface area contributed by atoms with Gasteiger partial charge in [-0.3, -0.25) is 4.21 Å². The summed E-state index contributed by atoms with van der Waals surface area (Å²) in [4.78, 5) is 0.939. The number of hydrogen-bond acceptors (Lipinski definition) is 4. The molecule has 0 aromatic heterocycles. The van der Waals surface area contributed by atoms with Crippen molar-refractivity contribution in [2.24, 2.45) is 0 Å². The van der Waals surface area contributed by atoms with Gasteiger partial charge in [0.25, 0.3) is 0 Å². The molecule has 0 aliphatic carbocycles. The van der Waals surface area contributed by atoms with Gasteiger partial charge in [-0.05, 0) is 65.4 Å². The largest absolute Gasteiger partial charge is 0.456 e. The molecule has 0 fully saturated rings. The molecule has 3 nitrogen and oxygen atoms in total. The molecule has 0 saturated carbocycles. The van der Waals surface area contributed by atoms with E-state index in [4.69, 9.17) is 4.74 Å². The van der Waals surface area contributed by atoms with E-state index in [-0.39, 0.29) is 0 Å². The van der Waals surface area contributed by atoms with Crippen molar-refractivity contribution in [3.05, 3.63) is 53.6 Å². The fourth-order valence-electron chi connectivity index (χ4n) is 2.89. The third kappa shape index (κ3) is 2.84. The zero-order valence-corrected chi connectivity index (χ0v) is 15.5. The molecule has 1 aliphatic heterocycles. The van der Waals surface area contributed by atoms with Crippen LogP contribution in [0.25, 0.3) is 5.70 Å². The van der Waals surface area contributed by atoms with Gasteiger partial charge in [0.2, 0.25) is 5.63 Å². The fourth-order valence-corrected chi connectivity index (χ4v) is 5.06. The predicted molar refractivity (Wildman–Crippen MR) is 100 cm³/mol. The molecule has 0 radical (unpaired) electrons. The Bertz CT molecular complexity index is 875. The van der Waals surface area contributed by atoms with Crippen LogP contribution in [0.3, 0.4) is 0 Å². The summed E-state index contributed by atoms with van der Waals surface area (Å²) >= 11 is 4.53. The normalized spacial score (nSPS) is 20.0. The molecule has 0 amide bonds. The Hall–Kier alpha value is -1.79. The Morgan fingerprint density at radius 1 is 1.25 bits per heavy atom. The Kier molecular flexibility index (Phi) is 4.21. The lowest BCUT2D eigenvalue weighted by Crippen LogP contribution is -2.40. The maximum Gasteiger partial charge on any atom is 0.227 e. The molecule has 128 valence electrons. The number of ether oxygens (including phenoxy) is 1. The van der Waals surface area contributed by atoms with Crippen molar-refractivity contribution in [3.8, 4) is 11.5 Å². The third-order valence-electron chi connectivity index (χ3n) is 4.05. The summed E-state index contributed by atoms with van der Waals surface area (Å²) in [6.45, 7) is 7.82. The summed E-state index contributed by atoms with van der Waals surface area (Å²) < 4.78 is 32.7. The number of halogens is 1. The zero-order chi connectivity index (χ0) is 17.6. The van der Waals surface area contributed by atoms with Crippen LogP contribution in [0.5, 0.6) is 11.5 Å². The van der Waals surface area contributed by atoms with Crippen molar-refractivity contribution in [2.75, 3.05) is 6.26 Å². The Morgan fingerprint density at radius 2 is 1.88 bits per heavy atom. The molecule has 24 heavy (non-hydrogen) atoms. The van der Waals surface area contributed by atoms with E-state index >= 15 is 0 Å². The number of hydrogen-bond donors (Lipinski definition) is 3. The smallest absolute Gasteiger partial charge is 0.227 e. The van der Waals surface area contributed by atoms with Crippen LogP contribution in [0.1, 0.15) is 16.7 Å². The van der Waals surface area contributed by atoms with Gasteiger partial charge < -0.3 is 10.1 Å². The fraction of sp³-hybridized carbons (Fsp3) is 0.222. The van der Waals surface area contributed by atoms with Crippen LogP contribution in [0.4, 0.5) is 4.39 Å². The predicted octanol–water partition coefficient (Wildman–Crippen LogP) is 4.22. The van der Waals surface area contributed by atoms with Crippen molar-refractivity contribution in [1.29, 1.82) is 0 Å². The first kappa shape index (κ1) is 17.0. The van der Waals surface area contributed by atoms with E-state index < -0.39 is 15.6 Å². The number of thiol groups is 2. The molecule has 1 atom stereocenters. The Labute approximate surface area is 147 Å². The average Bonchev–Trinajstić information content (AvgIpc) is 2.46. The van der Waals surface area contributed by atoms with E-state index in [1.807, 2.05) is 26.0 Å². The SMILES string of the molecule is C=C1NC(F)[SH](C)(=O)c2ccc(Oc3cc(C)cc(C)c3)c(S)c21. The average molecular weight is 365 g/mol. The highest BCUT2D eigenvalue weighted by molar-refractivity contribution is 8.03. The van der Waals surface area contributed by atoms with Crippen molar-refractivity contribution in [1.82, 2.24) is 5.32 Å². The minimum atomic E-state index is -3.19. The molecule has 2 aromatic rings. The number of benzene rings is 2. The van der Waals surface area contributed by atoms with Crippen molar-refractivity contribution < 1.29 is 13.3 Å². The zero-order valence-electron chi connectivity index (χ0n) is 13.8. The first-order valence-electron chi connectivity index (χ1n) is 7.50. The lowest BCUT2D eigenvalue weighted by Gasteiger charge is -2.34. The summed E-state index contributed by atoms with van der Waals surface area (Å²) in [6, 6.07) is 9.23. The van der Waals surface area contributed by atoms with Crippen LogP contribution in [0.15, 0.2) is 46.7 Å². The molecule has 1 heterocycles. The monoisotopic (exact) mass is 365 g/mol. The molecule has 1 unspecified atom stereocenters. The van der Waals surface area contributed by atoms with E-state index in [1.165, 1.54) is 6.26 Å². The summed E-state index contributed by atoms with van der Waals surface area (Å²) in [6.07, 6.45) is 1.42. The standard InChI is InChI=1S/C18H20FNO2S2/c1-10-7-11(2)9-13(8-10)22-14-5-6-15-16(17(14)23)12(3)20-18(19)24(15,4)21/h5-9,18,20,23-24H,3H2,1-2,4H3. The van der Waals surface area contributed by atoms with Crippen LogP contribution in [-0.4, -0.2) is 16.1 Å². The topological polar surface area (TPSA) is 38.3 Å². The van der Waals surface area contributed by atoms with E-state index in [2.05, 4.69) is 30.6 Å². The van der Waals surface area contributed by atoms with Crippen LogP contribution < -0.4 is 10.1 Å². The number of alkyl halides is 1. The van der Waals surface area contributed by atoms with Crippen LogP contribution >= 0.6 is 12.6 Å². The second-order valence-corrected chi connectivity index (χ2v) is 9.54. The molecule has 6 heteroatoms. The van der Waals surface area contributed by atoms with E-state index in [0.29, 0.717) is 32.6 Å². The summed E-state index contributed by atoms with van der Waals surface area (Å²) in [5.41, 5.74) is 1.47. The number of fused-ring (bicyclic) bond motifs is 1.